The molecule has 22 heavy (non-hydrogen) atoms. The molecule has 0 saturated carbocycles. The number of carbonyl (C=O) groups excluding carboxylic acids is 1. The van der Waals surface area contributed by atoms with Crippen molar-refractivity contribution < 1.29 is 4.79 Å². The van der Waals surface area contributed by atoms with Crippen molar-refractivity contribution in [2.75, 3.05) is 5.32 Å². The highest BCUT2D eigenvalue weighted by atomic mass is 35.5. The van der Waals surface area contributed by atoms with Gasteiger partial charge >= 0.3 is 6.03 Å². The molecule has 0 heterocycles. The number of urea groups is 1. The van der Waals surface area contributed by atoms with Gasteiger partial charge in [-0.3, -0.25) is 0 Å². The van der Waals surface area contributed by atoms with Gasteiger partial charge in [-0.05, 0) is 44.0 Å². The first-order valence-corrected chi connectivity index (χ1v) is 7.73. The van der Waals surface area contributed by atoms with E-state index in [9.17, 15) is 4.79 Å². The molecule has 1 N–H and O–H groups in total. The van der Waals surface area contributed by atoms with E-state index in [1.165, 1.54) is 0 Å². The summed E-state index contributed by atoms with van der Waals surface area (Å²) in [6.45, 7) is 6.52. The van der Waals surface area contributed by atoms with Gasteiger partial charge in [0, 0.05) is 23.3 Å². The van der Waals surface area contributed by atoms with E-state index in [1.54, 1.807) is 11.0 Å². The molecular weight excluding hydrogens is 296 g/mol. The maximum absolute atomic E-state index is 12.5. The van der Waals surface area contributed by atoms with Gasteiger partial charge in [-0.2, -0.15) is 0 Å². The molecule has 0 fully saturated rings. The summed E-state index contributed by atoms with van der Waals surface area (Å²) < 4.78 is 0. The van der Waals surface area contributed by atoms with Crippen molar-refractivity contribution in [3.8, 4) is 0 Å². The maximum Gasteiger partial charge on any atom is 0.322 e. The van der Waals surface area contributed by atoms with E-state index < -0.39 is 0 Å². The van der Waals surface area contributed by atoms with Crippen LogP contribution in [0.4, 0.5) is 10.5 Å². The first-order chi connectivity index (χ1) is 10.5. The molecule has 0 radical (unpaired) electrons. The Hall–Kier alpha value is -2.00. The van der Waals surface area contributed by atoms with Crippen molar-refractivity contribution in [1.82, 2.24) is 4.90 Å². The second kappa shape index (κ2) is 7.32. The van der Waals surface area contributed by atoms with Crippen LogP contribution in [0.2, 0.25) is 5.02 Å². The Labute approximate surface area is 136 Å². The number of aryl methyl sites for hydroxylation is 1. The number of carbonyl (C=O) groups is 1. The van der Waals surface area contributed by atoms with E-state index in [2.05, 4.69) is 5.32 Å². The lowest BCUT2D eigenvalue weighted by molar-refractivity contribution is 0.193. The van der Waals surface area contributed by atoms with Gasteiger partial charge in [0.05, 0.1) is 0 Å². The number of nitrogens with zero attached hydrogens (tertiary/aromatic N) is 1. The summed E-state index contributed by atoms with van der Waals surface area (Å²) in [7, 11) is 0. The summed E-state index contributed by atoms with van der Waals surface area (Å²) in [4.78, 5) is 14.3. The fourth-order valence-corrected chi connectivity index (χ4v) is 2.32. The van der Waals surface area contributed by atoms with E-state index in [-0.39, 0.29) is 12.1 Å². The lowest BCUT2D eigenvalue weighted by Gasteiger charge is -2.27. The van der Waals surface area contributed by atoms with Crippen molar-refractivity contribution in [2.45, 2.75) is 33.4 Å². The predicted molar refractivity (Wildman–Crippen MR) is 92.3 cm³/mol. The molecule has 2 amide bonds. The van der Waals surface area contributed by atoms with Crippen molar-refractivity contribution >= 4 is 23.3 Å². The predicted octanol–water partition coefficient (Wildman–Crippen LogP) is 5.09. The molecule has 0 aliphatic rings. The first kappa shape index (κ1) is 16.4. The van der Waals surface area contributed by atoms with Crippen LogP contribution in [0.15, 0.2) is 48.5 Å². The van der Waals surface area contributed by atoms with Crippen LogP contribution in [-0.4, -0.2) is 17.0 Å². The minimum Gasteiger partial charge on any atom is -0.318 e. The van der Waals surface area contributed by atoms with E-state index in [1.807, 2.05) is 63.2 Å². The van der Waals surface area contributed by atoms with Gasteiger partial charge in [0.1, 0.15) is 0 Å². The van der Waals surface area contributed by atoms with Crippen LogP contribution in [-0.2, 0) is 6.54 Å². The molecule has 0 saturated heterocycles. The highest BCUT2D eigenvalue weighted by Crippen LogP contribution is 2.20. The fourth-order valence-electron chi connectivity index (χ4n) is 2.13. The zero-order chi connectivity index (χ0) is 16.1. The molecular formula is C18H21ClN2O. The van der Waals surface area contributed by atoms with E-state index in [0.29, 0.717) is 17.3 Å². The molecule has 0 aliphatic heterocycles. The van der Waals surface area contributed by atoms with Gasteiger partial charge < -0.3 is 10.2 Å². The van der Waals surface area contributed by atoms with Crippen LogP contribution in [0.25, 0.3) is 0 Å². The number of benzene rings is 2. The van der Waals surface area contributed by atoms with E-state index >= 15 is 0 Å². The Bertz CT molecular complexity index is 641. The molecule has 2 aromatic carbocycles. The summed E-state index contributed by atoms with van der Waals surface area (Å²) in [6.07, 6.45) is 0. The third-order valence-corrected chi connectivity index (χ3v) is 3.91. The molecule has 0 atom stereocenters. The Morgan fingerprint density at radius 3 is 2.45 bits per heavy atom. The van der Waals surface area contributed by atoms with Gasteiger partial charge in [-0.1, -0.05) is 48.0 Å². The Morgan fingerprint density at radius 1 is 1.18 bits per heavy atom. The van der Waals surface area contributed by atoms with E-state index in [0.717, 1.165) is 11.1 Å². The van der Waals surface area contributed by atoms with Crippen LogP contribution >= 0.6 is 11.6 Å². The molecule has 0 aliphatic carbocycles. The summed E-state index contributed by atoms with van der Waals surface area (Å²) in [5, 5.41) is 3.56. The highest BCUT2D eigenvalue weighted by molar-refractivity contribution is 6.31. The smallest absolute Gasteiger partial charge is 0.318 e. The molecule has 4 heteroatoms. The topological polar surface area (TPSA) is 32.3 Å². The lowest BCUT2D eigenvalue weighted by atomic mass is 10.2. The fraction of sp³-hybridized carbons (Fsp3) is 0.278. The van der Waals surface area contributed by atoms with Crippen LogP contribution in [0.5, 0.6) is 0 Å². The molecule has 0 unspecified atom stereocenters. The van der Waals surface area contributed by atoms with Crippen molar-refractivity contribution in [1.29, 1.82) is 0 Å². The number of nitrogens with one attached hydrogen (secondary N) is 1. The zero-order valence-electron chi connectivity index (χ0n) is 13.1. The number of rotatable bonds is 4. The summed E-state index contributed by atoms with van der Waals surface area (Å²) in [5.74, 6) is 0. The Morgan fingerprint density at radius 2 is 1.86 bits per heavy atom. The number of hydrogen-bond acceptors (Lipinski definition) is 1. The monoisotopic (exact) mass is 316 g/mol. The molecule has 2 rings (SSSR count). The third kappa shape index (κ3) is 4.25. The highest BCUT2D eigenvalue weighted by Gasteiger charge is 2.17. The molecule has 2 aromatic rings. The number of hydrogen-bond donors (Lipinski definition) is 1. The Balaban J connectivity index is 2.11. The molecule has 0 spiro atoms. The van der Waals surface area contributed by atoms with Gasteiger partial charge in [0.25, 0.3) is 0 Å². The summed E-state index contributed by atoms with van der Waals surface area (Å²) in [5.41, 5.74) is 2.80. The number of halogens is 1. The van der Waals surface area contributed by atoms with Crippen molar-refractivity contribution in [2.24, 2.45) is 0 Å². The van der Waals surface area contributed by atoms with Crippen molar-refractivity contribution in [3.63, 3.8) is 0 Å². The average molecular weight is 317 g/mol. The van der Waals surface area contributed by atoms with Crippen LogP contribution < -0.4 is 5.32 Å². The minimum absolute atomic E-state index is 0.0983. The van der Waals surface area contributed by atoms with Gasteiger partial charge in [-0.15, -0.1) is 0 Å². The molecule has 116 valence electrons. The molecule has 0 bridgehead atoms. The Kier molecular flexibility index (Phi) is 5.45. The number of anilines is 1. The number of amides is 2. The summed E-state index contributed by atoms with van der Waals surface area (Å²) in [6, 6.07) is 15.5. The lowest BCUT2D eigenvalue weighted by Crippen LogP contribution is -2.39. The van der Waals surface area contributed by atoms with Gasteiger partial charge in [-0.25, -0.2) is 4.79 Å². The van der Waals surface area contributed by atoms with Crippen LogP contribution in [0, 0.1) is 6.92 Å². The zero-order valence-corrected chi connectivity index (χ0v) is 13.9. The standard InChI is InChI=1S/C18H21ClN2O/c1-13(2)21(12-15-7-5-4-6-8-15)18(22)20-16-10-9-14(3)17(19)11-16/h4-11,13H,12H2,1-3H3,(H,20,22). The van der Waals surface area contributed by atoms with Crippen LogP contribution in [0.3, 0.4) is 0 Å². The van der Waals surface area contributed by atoms with Gasteiger partial charge in [0.2, 0.25) is 0 Å². The summed E-state index contributed by atoms with van der Waals surface area (Å²) >= 11 is 6.10. The average Bonchev–Trinajstić information content (AvgIpc) is 2.49. The maximum atomic E-state index is 12.5. The minimum atomic E-state index is -0.126. The van der Waals surface area contributed by atoms with Crippen LogP contribution in [0.1, 0.15) is 25.0 Å². The van der Waals surface area contributed by atoms with E-state index in [4.69, 9.17) is 11.6 Å². The quantitative estimate of drug-likeness (QED) is 0.837. The molecule has 0 aromatic heterocycles. The molecule has 3 nitrogen and oxygen atoms in total. The largest absolute Gasteiger partial charge is 0.322 e. The second-order valence-corrected chi connectivity index (χ2v) is 6.01. The normalized spacial score (nSPS) is 10.6. The SMILES string of the molecule is Cc1ccc(NC(=O)N(Cc2ccccc2)C(C)C)cc1Cl. The van der Waals surface area contributed by atoms with Gasteiger partial charge in [0.15, 0.2) is 0 Å². The van der Waals surface area contributed by atoms with Crippen molar-refractivity contribution in [3.05, 3.63) is 64.7 Å². The second-order valence-electron chi connectivity index (χ2n) is 5.60. The third-order valence-electron chi connectivity index (χ3n) is 3.50. The first-order valence-electron chi connectivity index (χ1n) is 7.35.